The Morgan fingerprint density at radius 1 is 1.14 bits per heavy atom. The third-order valence-corrected chi connectivity index (χ3v) is 5.45. The van der Waals surface area contributed by atoms with Crippen molar-refractivity contribution < 1.29 is 13.6 Å². The molecule has 7 heteroatoms. The van der Waals surface area contributed by atoms with E-state index in [-0.39, 0.29) is 22.6 Å². The molecule has 28 heavy (non-hydrogen) atoms. The number of carbonyl (C=O) groups excluding carboxylic acids is 1. The van der Waals surface area contributed by atoms with E-state index in [9.17, 15) is 9.18 Å². The smallest absolute Gasteiger partial charge is 0.277 e. The van der Waals surface area contributed by atoms with Crippen molar-refractivity contribution in [1.29, 1.82) is 0 Å². The van der Waals surface area contributed by atoms with Crippen LogP contribution in [0, 0.1) is 5.82 Å². The lowest BCUT2D eigenvalue weighted by Gasteiger charge is -2.17. The maximum absolute atomic E-state index is 13.9. The fourth-order valence-electron chi connectivity index (χ4n) is 2.70. The van der Waals surface area contributed by atoms with Gasteiger partial charge in [0.25, 0.3) is 11.1 Å². The van der Waals surface area contributed by atoms with Crippen LogP contribution in [-0.2, 0) is 4.79 Å². The van der Waals surface area contributed by atoms with Crippen LogP contribution in [0.15, 0.2) is 58.2 Å². The van der Waals surface area contributed by atoms with Gasteiger partial charge in [0.15, 0.2) is 0 Å². The predicted octanol–water partition coefficient (Wildman–Crippen LogP) is 5.51. The first-order chi connectivity index (χ1) is 13.5. The van der Waals surface area contributed by atoms with Crippen molar-refractivity contribution >= 4 is 23.4 Å². The summed E-state index contributed by atoms with van der Waals surface area (Å²) in [5.41, 5.74) is 2.16. The van der Waals surface area contributed by atoms with E-state index in [1.165, 1.54) is 6.07 Å². The molecule has 5 nitrogen and oxygen atoms in total. The molecular weight excluding hydrogens is 377 g/mol. The Morgan fingerprint density at radius 3 is 2.61 bits per heavy atom. The fourth-order valence-corrected chi connectivity index (χ4v) is 3.38. The zero-order chi connectivity index (χ0) is 20.1. The van der Waals surface area contributed by atoms with Crippen molar-refractivity contribution in [2.45, 2.75) is 43.6 Å². The monoisotopic (exact) mass is 399 g/mol. The topological polar surface area (TPSA) is 68.0 Å². The molecule has 1 heterocycles. The van der Waals surface area contributed by atoms with E-state index >= 15 is 0 Å². The highest BCUT2D eigenvalue weighted by atomic mass is 32.2. The van der Waals surface area contributed by atoms with Crippen LogP contribution in [0.5, 0.6) is 0 Å². The lowest BCUT2D eigenvalue weighted by atomic mass is 9.97. The highest BCUT2D eigenvalue weighted by Crippen LogP contribution is 2.30. The second-order valence-electron chi connectivity index (χ2n) is 6.50. The fraction of sp³-hybridized carbons (Fsp3) is 0.286. The van der Waals surface area contributed by atoms with Crippen LogP contribution in [-0.4, -0.2) is 21.4 Å². The molecule has 0 aliphatic heterocycles. The predicted molar refractivity (Wildman–Crippen MR) is 109 cm³/mol. The number of carbonyl (C=O) groups is 1. The Morgan fingerprint density at radius 2 is 1.86 bits per heavy atom. The highest BCUT2D eigenvalue weighted by molar-refractivity contribution is 8.00. The number of anilines is 1. The summed E-state index contributed by atoms with van der Waals surface area (Å²) in [7, 11) is 0. The average molecular weight is 399 g/mol. The van der Waals surface area contributed by atoms with Crippen molar-refractivity contribution in [3.63, 3.8) is 0 Å². The van der Waals surface area contributed by atoms with Crippen molar-refractivity contribution in [2.75, 3.05) is 5.32 Å². The first kappa shape index (κ1) is 20.1. The Hall–Kier alpha value is -2.67. The van der Waals surface area contributed by atoms with Gasteiger partial charge in [0.2, 0.25) is 5.91 Å². The summed E-state index contributed by atoms with van der Waals surface area (Å²) >= 11 is 1.14. The van der Waals surface area contributed by atoms with Crippen LogP contribution in [0.4, 0.5) is 10.1 Å². The summed E-state index contributed by atoms with van der Waals surface area (Å²) in [6.07, 6.45) is 0.984. The molecule has 0 aliphatic carbocycles. The van der Waals surface area contributed by atoms with Gasteiger partial charge in [0, 0.05) is 5.69 Å². The van der Waals surface area contributed by atoms with Crippen molar-refractivity contribution in [2.24, 2.45) is 0 Å². The van der Waals surface area contributed by atoms with E-state index < -0.39 is 11.1 Å². The summed E-state index contributed by atoms with van der Waals surface area (Å²) in [6, 6.07) is 14.0. The number of thioether (sulfide) groups is 1. The van der Waals surface area contributed by atoms with Gasteiger partial charge in [-0.05, 0) is 43.0 Å². The zero-order valence-electron chi connectivity index (χ0n) is 16.0. The summed E-state index contributed by atoms with van der Waals surface area (Å²) in [5.74, 6) is -0.157. The summed E-state index contributed by atoms with van der Waals surface area (Å²) in [6.45, 7) is 6.01. The van der Waals surface area contributed by atoms with E-state index in [1.807, 2.05) is 24.3 Å². The van der Waals surface area contributed by atoms with Gasteiger partial charge < -0.3 is 9.73 Å². The number of amides is 1. The number of hydrogen-bond donors (Lipinski definition) is 1. The van der Waals surface area contributed by atoms with Gasteiger partial charge >= 0.3 is 0 Å². The molecule has 0 saturated carbocycles. The van der Waals surface area contributed by atoms with Gasteiger partial charge in [-0.15, -0.1) is 10.2 Å². The number of rotatable bonds is 7. The van der Waals surface area contributed by atoms with E-state index in [4.69, 9.17) is 4.42 Å². The Bertz CT molecular complexity index is 960. The first-order valence-electron chi connectivity index (χ1n) is 9.14. The van der Waals surface area contributed by atoms with Gasteiger partial charge in [-0.25, -0.2) is 4.39 Å². The zero-order valence-corrected chi connectivity index (χ0v) is 16.8. The lowest BCUT2D eigenvalue weighted by Crippen LogP contribution is -2.23. The van der Waals surface area contributed by atoms with Crippen LogP contribution in [0.2, 0.25) is 0 Å². The highest BCUT2D eigenvalue weighted by Gasteiger charge is 2.21. The Balaban J connectivity index is 1.68. The van der Waals surface area contributed by atoms with Gasteiger partial charge in [0.05, 0.1) is 10.8 Å². The molecule has 3 rings (SSSR count). The molecule has 0 saturated heterocycles. The van der Waals surface area contributed by atoms with Crippen LogP contribution in [0.1, 0.15) is 38.7 Å². The number of aromatic nitrogens is 2. The largest absolute Gasteiger partial charge is 0.411 e. The second kappa shape index (κ2) is 9.01. The summed E-state index contributed by atoms with van der Waals surface area (Å²) in [4.78, 5) is 12.6. The van der Waals surface area contributed by atoms with Crippen LogP contribution in [0.25, 0.3) is 11.5 Å². The van der Waals surface area contributed by atoms with Crippen molar-refractivity contribution in [3.05, 3.63) is 59.9 Å². The molecule has 0 aliphatic rings. The normalized spacial score (nSPS) is 13.1. The molecule has 1 N–H and O–H groups in total. The molecule has 0 radical (unpaired) electrons. The maximum Gasteiger partial charge on any atom is 0.277 e. The van der Waals surface area contributed by atoms with Crippen LogP contribution < -0.4 is 5.32 Å². The quantitative estimate of drug-likeness (QED) is 0.531. The lowest BCUT2D eigenvalue weighted by molar-refractivity contribution is -0.115. The van der Waals surface area contributed by atoms with Gasteiger partial charge in [0.1, 0.15) is 5.82 Å². The minimum absolute atomic E-state index is 0.0929. The van der Waals surface area contributed by atoms with Gasteiger partial charge in [-0.2, -0.15) is 0 Å². The van der Waals surface area contributed by atoms with Gasteiger partial charge in [-0.3, -0.25) is 4.79 Å². The summed E-state index contributed by atoms with van der Waals surface area (Å²) < 4.78 is 19.4. The minimum Gasteiger partial charge on any atom is -0.411 e. The minimum atomic E-state index is -0.459. The van der Waals surface area contributed by atoms with Crippen LogP contribution in [0.3, 0.4) is 0 Å². The molecule has 2 atom stereocenters. The third-order valence-electron chi connectivity index (χ3n) is 4.52. The number of nitrogens with zero attached hydrogens (tertiary/aromatic N) is 2. The van der Waals surface area contributed by atoms with E-state index in [0.717, 1.165) is 29.4 Å². The molecule has 0 unspecified atom stereocenters. The first-order valence-corrected chi connectivity index (χ1v) is 10.0. The van der Waals surface area contributed by atoms with Crippen molar-refractivity contribution in [1.82, 2.24) is 10.2 Å². The molecule has 0 spiro atoms. The summed E-state index contributed by atoms with van der Waals surface area (Å²) in [5, 5.41) is 10.5. The molecule has 0 fully saturated rings. The van der Waals surface area contributed by atoms with Crippen molar-refractivity contribution in [3.8, 4) is 11.5 Å². The molecule has 1 amide bonds. The standard InChI is InChI=1S/C21H22FN3O2S/c1-4-13(2)15-9-6-8-12-18(15)23-19(26)14(3)28-21-25-24-20(27-21)16-10-5-7-11-17(16)22/h5-14H,4H2,1-3H3,(H,23,26)/t13-,14-/m1/s1. The average Bonchev–Trinajstić information content (AvgIpc) is 3.16. The molecule has 2 aromatic carbocycles. The molecule has 0 bridgehead atoms. The number of halogens is 1. The van der Waals surface area contributed by atoms with E-state index in [1.54, 1.807) is 25.1 Å². The number of benzene rings is 2. The SMILES string of the molecule is CC[C@@H](C)c1ccccc1NC(=O)[C@@H](C)Sc1nnc(-c2ccccc2F)o1. The molecule has 1 aromatic heterocycles. The van der Waals surface area contributed by atoms with Crippen LogP contribution >= 0.6 is 11.8 Å². The van der Waals surface area contributed by atoms with E-state index in [0.29, 0.717) is 5.92 Å². The third kappa shape index (κ3) is 4.59. The number of hydrogen-bond acceptors (Lipinski definition) is 5. The second-order valence-corrected chi connectivity index (χ2v) is 7.79. The molecular formula is C21H22FN3O2S. The maximum atomic E-state index is 13.9. The van der Waals surface area contributed by atoms with E-state index in [2.05, 4.69) is 29.4 Å². The number of nitrogens with one attached hydrogen (secondary N) is 1. The molecule has 3 aromatic rings. The Kier molecular flexibility index (Phi) is 6.46. The van der Waals surface area contributed by atoms with Gasteiger partial charge in [-0.1, -0.05) is 55.9 Å². The molecule has 146 valence electrons. The number of para-hydroxylation sites is 1. The Labute approximate surface area is 167 Å².